The summed E-state index contributed by atoms with van der Waals surface area (Å²) in [5.74, 6) is -0.426. The first-order chi connectivity index (χ1) is 9.08. The number of aryl methyl sites for hydroxylation is 1. The van der Waals surface area contributed by atoms with Crippen LogP contribution < -0.4 is 5.73 Å². The summed E-state index contributed by atoms with van der Waals surface area (Å²) in [4.78, 5) is 11.5. The number of carboxylic acid groups (broad SMARTS) is 1. The van der Waals surface area contributed by atoms with Gasteiger partial charge in [-0.1, -0.05) is 22.9 Å². The van der Waals surface area contributed by atoms with E-state index >= 15 is 0 Å². The van der Waals surface area contributed by atoms with Gasteiger partial charge in [0, 0.05) is 16.3 Å². The lowest BCUT2D eigenvalue weighted by Crippen LogP contribution is -2.02. The molecule has 0 aliphatic rings. The summed E-state index contributed by atoms with van der Waals surface area (Å²) in [6.45, 7) is 0.523. The molecule has 1 aromatic carbocycles. The number of thioether (sulfide) groups is 1. The molecule has 0 saturated heterocycles. The molecule has 0 fully saturated rings. The molecule has 19 heavy (non-hydrogen) atoms. The number of benzene rings is 1. The minimum atomic E-state index is -1.09. The van der Waals surface area contributed by atoms with E-state index in [-0.39, 0.29) is 5.69 Å². The van der Waals surface area contributed by atoms with Gasteiger partial charge in [-0.3, -0.25) is 4.68 Å². The van der Waals surface area contributed by atoms with Crippen LogP contribution in [-0.4, -0.2) is 31.8 Å². The molecule has 0 saturated carbocycles. The van der Waals surface area contributed by atoms with E-state index < -0.39 is 5.97 Å². The highest BCUT2D eigenvalue weighted by molar-refractivity contribution is 7.99. The first-order valence-corrected chi connectivity index (χ1v) is 6.74. The number of halogens is 1. The van der Waals surface area contributed by atoms with E-state index in [0.717, 1.165) is 4.90 Å². The van der Waals surface area contributed by atoms with Gasteiger partial charge in [-0.25, -0.2) is 4.79 Å². The predicted octanol–water partition coefficient (Wildman–Crippen LogP) is 2.00. The molecule has 0 spiro atoms. The van der Waals surface area contributed by atoms with Crippen LogP contribution in [0, 0.1) is 0 Å². The maximum Gasteiger partial charge on any atom is 0.358 e. The Balaban J connectivity index is 1.94. The number of anilines is 1. The summed E-state index contributed by atoms with van der Waals surface area (Å²) < 4.78 is 1.48. The average molecular weight is 299 g/mol. The van der Waals surface area contributed by atoms with Crippen LogP contribution in [0.25, 0.3) is 0 Å². The largest absolute Gasteiger partial charge is 0.476 e. The molecule has 0 amide bonds. The van der Waals surface area contributed by atoms with Crippen molar-refractivity contribution in [3.63, 3.8) is 0 Å². The second kappa shape index (κ2) is 5.94. The van der Waals surface area contributed by atoms with Crippen LogP contribution in [0.2, 0.25) is 5.02 Å². The fourth-order valence-corrected chi connectivity index (χ4v) is 2.69. The zero-order chi connectivity index (χ0) is 13.8. The Morgan fingerprint density at radius 3 is 2.95 bits per heavy atom. The Bertz CT molecular complexity index is 582. The van der Waals surface area contributed by atoms with Crippen LogP contribution in [-0.2, 0) is 6.54 Å². The average Bonchev–Trinajstić information content (AvgIpc) is 2.82. The zero-order valence-corrected chi connectivity index (χ0v) is 11.4. The lowest BCUT2D eigenvalue weighted by atomic mass is 10.3. The van der Waals surface area contributed by atoms with Crippen molar-refractivity contribution in [2.24, 2.45) is 0 Å². The molecule has 2 rings (SSSR count). The number of aromatic carboxylic acids is 1. The fraction of sp³-hybridized carbons (Fsp3) is 0.182. The summed E-state index contributed by atoms with van der Waals surface area (Å²) in [6.07, 6.45) is 1.39. The van der Waals surface area contributed by atoms with Crippen molar-refractivity contribution >= 4 is 35.0 Å². The fourth-order valence-electron chi connectivity index (χ4n) is 1.42. The predicted molar refractivity (Wildman–Crippen MR) is 73.6 cm³/mol. The van der Waals surface area contributed by atoms with E-state index in [4.69, 9.17) is 22.4 Å². The number of aromatic nitrogens is 3. The third kappa shape index (κ3) is 3.39. The molecule has 2 aromatic rings. The third-order valence-electron chi connectivity index (χ3n) is 2.32. The molecule has 0 atom stereocenters. The molecular weight excluding hydrogens is 288 g/mol. The molecule has 100 valence electrons. The van der Waals surface area contributed by atoms with Crippen LogP contribution in [0.1, 0.15) is 10.5 Å². The number of carbonyl (C=O) groups is 1. The first kappa shape index (κ1) is 13.7. The molecule has 8 heteroatoms. The number of nitrogen functional groups attached to an aromatic ring is 1. The summed E-state index contributed by atoms with van der Waals surface area (Å²) in [5, 5.41) is 16.6. The van der Waals surface area contributed by atoms with Crippen LogP contribution in [0.3, 0.4) is 0 Å². The minimum Gasteiger partial charge on any atom is -0.476 e. The van der Waals surface area contributed by atoms with Crippen molar-refractivity contribution in [1.82, 2.24) is 15.0 Å². The highest BCUT2D eigenvalue weighted by Crippen LogP contribution is 2.32. The standard InChI is InChI=1S/C11H11ClN4O2S/c12-7-2-1-3-8(13)10(7)19-5-4-16-6-9(11(17)18)14-15-16/h1-3,6H,4-5,13H2,(H,17,18). The monoisotopic (exact) mass is 298 g/mol. The Labute approximate surface area is 118 Å². The molecule has 1 aromatic heterocycles. The molecule has 0 radical (unpaired) electrons. The number of nitrogens with zero attached hydrogens (tertiary/aromatic N) is 3. The number of hydrogen-bond donors (Lipinski definition) is 2. The van der Waals surface area contributed by atoms with Gasteiger partial charge in [-0.2, -0.15) is 0 Å². The van der Waals surface area contributed by atoms with E-state index in [9.17, 15) is 4.79 Å². The number of hydrogen-bond acceptors (Lipinski definition) is 5. The van der Waals surface area contributed by atoms with Crippen molar-refractivity contribution in [3.05, 3.63) is 35.1 Å². The zero-order valence-electron chi connectivity index (χ0n) is 9.78. The number of rotatable bonds is 5. The highest BCUT2D eigenvalue weighted by Gasteiger charge is 2.09. The van der Waals surface area contributed by atoms with Gasteiger partial charge in [0.05, 0.1) is 17.8 Å². The molecule has 0 aliphatic carbocycles. The minimum absolute atomic E-state index is 0.0674. The second-order valence-corrected chi connectivity index (χ2v) is 5.19. The number of carboxylic acids is 1. The van der Waals surface area contributed by atoms with Crippen LogP contribution in [0.4, 0.5) is 5.69 Å². The summed E-state index contributed by atoms with van der Waals surface area (Å²) in [5.41, 5.74) is 6.39. The van der Waals surface area contributed by atoms with Gasteiger partial charge in [-0.05, 0) is 12.1 Å². The van der Waals surface area contributed by atoms with Gasteiger partial charge >= 0.3 is 5.97 Å². The molecule has 6 nitrogen and oxygen atoms in total. The van der Waals surface area contributed by atoms with E-state index in [1.54, 1.807) is 18.2 Å². The molecule has 0 unspecified atom stereocenters. The van der Waals surface area contributed by atoms with Gasteiger partial charge < -0.3 is 10.8 Å². The van der Waals surface area contributed by atoms with E-state index in [2.05, 4.69) is 10.3 Å². The topological polar surface area (TPSA) is 94.0 Å². The van der Waals surface area contributed by atoms with Crippen molar-refractivity contribution in [2.75, 3.05) is 11.5 Å². The van der Waals surface area contributed by atoms with Crippen LogP contribution in [0.15, 0.2) is 29.3 Å². The SMILES string of the molecule is Nc1cccc(Cl)c1SCCn1cc(C(=O)O)nn1. The first-order valence-electron chi connectivity index (χ1n) is 5.38. The van der Waals surface area contributed by atoms with Gasteiger partial charge in [0.15, 0.2) is 5.69 Å². The normalized spacial score (nSPS) is 10.6. The van der Waals surface area contributed by atoms with E-state index in [0.29, 0.717) is 23.0 Å². The molecule has 1 heterocycles. The van der Waals surface area contributed by atoms with E-state index in [1.807, 2.05) is 0 Å². The van der Waals surface area contributed by atoms with E-state index in [1.165, 1.54) is 22.6 Å². The van der Waals surface area contributed by atoms with Crippen LogP contribution >= 0.6 is 23.4 Å². The van der Waals surface area contributed by atoms with Gasteiger partial charge in [0.2, 0.25) is 0 Å². The smallest absolute Gasteiger partial charge is 0.358 e. The van der Waals surface area contributed by atoms with Crippen molar-refractivity contribution < 1.29 is 9.90 Å². The quantitative estimate of drug-likeness (QED) is 0.648. The highest BCUT2D eigenvalue weighted by atomic mass is 35.5. The Morgan fingerprint density at radius 2 is 2.32 bits per heavy atom. The number of nitrogens with two attached hydrogens (primary N) is 1. The summed E-state index contributed by atoms with van der Waals surface area (Å²) in [6, 6.07) is 5.35. The summed E-state index contributed by atoms with van der Waals surface area (Å²) in [7, 11) is 0. The summed E-state index contributed by atoms with van der Waals surface area (Å²) >= 11 is 7.54. The van der Waals surface area contributed by atoms with Gasteiger partial charge in [0.1, 0.15) is 0 Å². The lowest BCUT2D eigenvalue weighted by Gasteiger charge is -2.07. The Hall–Kier alpha value is -1.73. The molecule has 0 aliphatic heterocycles. The van der Waals surface area contributed by atoms with Gasteiger partial charge in [0.25, 0.3) is 0 Å². The van der Waals surface area contributed by atoms with Crippen molar-refractivity contribution in [1.29, 1.82) is 0 Å². The molecule has 0 bridgehead atoms. The molecule has 3 N–H and O–H groups in total. The second-order valence-electron chi connectivity index (χ2n) is 3.68. The maximum absolute atomic E-state index is 10.6. The third-order valence-corrected chi connectivity index (χ3v) is 3.88. The molecular formula is C11H11ClN4O2S. The van der Waals surface area contributed by atoms with Crippen molar-refractivity contribution in [3.8, 4) is 0 Å². The Kier molecular flexibility index (Phi) is 4.28. The van der Waals surface area contributed by atoms with Crippen LogP contribution in [0.5, 0.6) is 0 Å². The maximum atomic E-state index is 10.6. The lowest BCUT2D eigenvalue weighted by molar-refractivity contribution is 0.0690. The van der Waals surface area contributed by atoms with Crippen molar-refractivity contribution in [2.45, 2.75) is 11.4 Å². The van der Waals surface area contributed by atoms with Gasteiger partial charge in [-0.15, -0.1) is 16.9 Å². The Morgan fingerprint density at radius 1 is 1.53 bits per heavy atom.